The first-order valence-corrected chi connectivity index (χ1v) is 13.3. The molecule has 0 spiro atoms. The number of fused-ring (bicyclic) bond motifs is 3. The summed E-state index contributed by atoms with van der Waals surface area (Å²) in [5, 5.41) is 45.5. The summed E-state index contributed by atoms with van der Waals surface area (Å²) in [6.07, 6.45) is 2.93. The molecule has 0 saturated heterocycles. The number of Topliss-reactive ketones (excluding diaryl/α,β-unsaturated/α-hetero) is 3. The number of phenols is 1. The lowest BCUT2D eigenvalue weighted by molar-refractivity contribution is -0.163. The molecule has 0 heterocycles. The van der Waals surface area contributed by atoms with Gasteiger partial charge in [0.2, 0.25) is 5.78 Å². The number of carbonyl (C=O) groups excluding carboxylic acids is 4. The molecule has 6 N–H and O–H groups in total. The first kappa shape index (κ1) is 28.5. The number of aromatic hydroxyl groups is 1. The van der Waals surface area contributed by atoms with Crippen LogP contribution in [0, 0.1) is 17.8 Å². The molecule has 10 heteroatoms. The van der Waals surface area contributed by atoms with Crippen molar-refractivity contribution in [3.8, 4) is 5.75 Å². The molecule has 0 unspecified atom stereocenters. The van der Waals surface area contributed by atoms with Crippen LogP contribution in [0.5, 0.6) is 5.75 Å². The molecule has 4 rings (SSSR count). The lowest BCUT2D eigenvalue weighted by Crippen LogP contribution is -2.69. The highest BCUT2D eigenvalue weighted by Gasteiger charge is 2.68. The van der Waals surface area contributed by atoms with Crippen LogP contribution in [-0.2, 0) is 19.2 Å². The zero-order valence-corrected chi connectivity index (χ0v) is 22.6. The third kappa shape index (κ3) is 4.17. The fourth-order valence-electron chi connectivity index (χ4n) is 7.15. The summed E-state index contributed by atoms with van der Waals surface area (Å²) in [5.41, 5.74) is 2.13. The van der Waals surface area contributed by atoms with E-state index in [1.807, 2.05) is 6.92 Å². The second-order valence-electron chi connectivity index (χ2n) is 11.2. The van der Waals surface area contributed by atoms with Crippen molar-refractivity contribution in [2.45, 2.75) is 63.5 Å². The van der Waals surface area contributed by atoms with Crippen LogP contribution < -0.4 is 5.73 Å². The third-order valence-corrected chi connectivity index (χ3v) is 8.63. The van der Waals surface area contributed by atoms with Crippen molar-refractivity contribution in [1.82, 2.24) is 4.90 Å². The number of amides is 1. The van der Waals surface area contributed by atoms with Crippen LogP contribution >= 0.6 is 0 Å². The van der Waals surface area contributed by atoms with E-state index in [-0.39, 0.29) is 29.1 Å². The van der Waals surface area contributed by atoms with Crippen LogP contribution in [0.1, 0.15) is 63.0 Å². The number of aliphatic hydroxyl groups excluding tert-OH is 2. The van der Waals surface area contributed by atoms with Gasteiger partial charge in [-0.25, -0.2) is 0 Å². The van der Waals surface area contributed by atoms with Gasteiger partial charge in [-0.3, -0.25) is 19.3 Å². The van der Waals surface area contributed by atoms with E-state index in [1.165, 1.54) is 32.0 Å². The molecule has 39 heavy (non-hydrogen) atoms. The molecule has 1 fully saturated rings. The van der Waals surface area contributed by atoms with Gasteiger partial charge in [0.05, 0.1) is 11.6 Å². The Morgan fingerprint density at radius 1 is 1.10 bits per heavy atom. The maximum atomic E-state index is 14.3. The number of phenolic OH excluding ortho intramolecular Hbond substituents is 1. The second-order valence-corrected chi connectivity index (χ2v) is 11.2. The first-order valence-electron chi connectivity index (χ1n) is 13.3. The molecule has 1 amide bonds. The number of rotatable bonds is 8. The van der Waals surface area contributed by atoms with Crippen LogP contribution in [-0.4, -0.2) is 74.3 Å². The molecule has 0 radical (unpaired) electrons. The summed E-state index contributed by atoms with van der Waals surface area (Å²) in [6.45, 7) is 3.40. The number of benzene rings is 1. The van der Waals surface area contributed by atoms with Crippen molar-refractivity contribution < 1.29 is 39.6 Å². The molecular formula is C29H36N2O8. The van der Waals surface area contributed by atoms with E-state index in [0.717, 1.165) is 19.3 Å². The van der Waals surface area contributed by atoms with Gasteiger partial charge in [0, 0.05) is 23.8 Å². The summed E-state index contributed by atoms with van der Waals surface area (Å²) in [7, 11) is 3.07. The standard InChI is InChI=1S/C29H36N2O8/c1-5-6-7-9-14-15-10-8-11-17(33)19(15)24(34)20-18(14)16(12-13(2)32)22-23(31(3)4)25(35)21(28(30)38)27(37)29(22,39)26(20)36/h8,10-11,14,16,18,22-23,33-34,37,39H,5-7,9,12H2,1-4H3,(H2,30,38)/t14-,16-,18-,22-,23-,29-/m1/s1. The van der Waals surface area contributed by atoms with Gasteiger partial charge in [0.15, 0.2) is 11.4 Å². The molecule has 6 atom stereocenters. The third-order valence-electron chi connectivity index (χ3n) is 8.63. The molecule has 0 bridgehead atoms. The van der Waals surface area contributed by atoms with Crippen LogP contribution in [0.2, 0.25) is 0 Å². The highest BCUT2D eigenvalue weighted by atomic mass is 16.3. The molecular weight excluding hydrogens is 504 g/mol. The van der Waals surface area contributed by atoms with E-state index in [2.05, 4.69) is 0 Å². The molecule has 1 saturated carbocycles. The SMILES string of the molecule is CCCCC[C@@H]1c2cccc(O)c2C(O)=C2C(=O)[C@@]3(O)C(O)=C(C(N)=O)C(=O)[C@H](N(C)C)[C@H]3[C@H](CC(C)=O)[C@H]21. The largest absolute Gasteiger partial charge is 0.508 e. The number of hydrogen-bond acceptors (Lipinski definition) is 9. The molecule has 0 aromatic heterocycles. The second kappa shape index (κ2) is 10.2. The summed E-state index contributed by atoms with van der Waals surface area (Å²) in [6, 6.07) is 3.50. The Bertz CT molecular complexity index is 1310. The number of hydrogen-bond donors (Lipinski definition) is 5. The number of aliphatic hydroxyl groups is 3. The first-order chi connectivity index (χ1) is 18.3. The van der Waals surface area contributed by atoms with Crippen molar-refractivity contribution >= 4 is 29.0 Å². The molecule has 3 aliphatic carbocycles. The monoisotopic (exact) mass is 540 g/mol. The molecule has 210 valence electrons. The molecule has 1 aromatic carbocycles. The van der Waals surface area contributed by atoms with Crippen molar-refractivity contribution in [2.24, 2.45) is 23.5 Å². The van der Waals surface area contributed by atoms with Gasteiger partial charge >= 0.3 is 0 Å². The number of likely N-dealkylation sites (N-methyl/N-ethyl adjacent to an activating group) is 1. The van der Waals surface area contributed by atoms with Gasteiger partial charge in [-0.1, -0.05) is 38.3 Å². The van der Waals surface area contributed by atoms with Crippen molar-refractivity contribution in [2.75, 3.05) is 14.1 Å². The molecule has 10 nitrogen and oxygen atoms in total. The Morgan fingerprint density at radius 3 is 2.33 bits per heavy atom. The predicted molar refractivity (Wildman–Crippen MR) is 142 cm³/mol. The fourth-order valence-corrected chi connectivity index (χ4v) is 7.15. The normalized spacial score (nSPS) is 30.3. The average molecular weight is 541 g/mol. The Morgan fingerprint density at radius 2 is 1.77 bits per heavy atom. The molecule has 1 aromatic rings. The summed E-state index contributed by atoms with van der Waals surface area (Å²) in [4.78, 5) is 54.2. The van der Waals surface area contributed by atoms with Crippen LogP contribution in [0.3, 0.4) is 0 Å². The number of ketones is 3. The van der Waals surface area contributed by atoms with Gasteiger partial charge in [0.25, 0.3) is 5.91 Å². The maximum Gasteiger partial charge on any atom is 0.255 e. The number of carbonyl (C=O) groups is 4. The predicted octanol–water partition coefficient (Wildman–Crippen LogP) is 2.29. The maximum absolute atomic E-state index is 14.3. The van der Waals surface area contributed by atoms with Gasteiger partial charge < -0.3 is 31.0 Å². The fraction of sp³-hybridized carbons (Fsp3) is 0.517. The lowest BCUT2D eigenvalue weighted by Gasteiger charge is -2.55. The van der Waals surface area contributed by atoms with Gasteiger partial charge in [-0.15, -0.1) is 0 Å². The van der Waals surface area contributed by atoms with Crippen LogP contribution in [0.4, 0.5) is 0 Å². The van der Waals surface area contributed by atoms with Gasteiger partial charge in [0.1, 0.15) is 28.6 Å². The minimum absolute atomic E-state index is 0.0527. The van der Waals surface area contributed by atoms with E-state index in [9.17, 15) is 39.6 Å². The Balaban J connectivity index is 2.10. The number of unbranched alkanes of at least 4 members (excludes halogenated alkanes) is 2. The quantitative estimate of drug-likeness (QED) is 0.244. The van der Waals surface area contributed by atoms with E-state index in [1.54, 1.807) is 12.1 Å². The Hall–Kier alpha value is -3.50. The minimum Gasteiger partial charge on any atom is -0.508 e. The van der Waals surface area contributed by atoms with Gasteiger partial charge in [-0.2, -0.15) is 0 Å². The zero-order chi connectivity index (χ0) is 29.0. The Labute approximate surface area is 226 Å². The number of nitrogens with two attached hydrogens (primary N) is 1. The van der Waals surface area contributed by atoms with Gasteiger partial charge in [-0.05, 0) is 50.9 Å². The highest BCUT2D eigenvalue weighted by molar-refractivity contribution is 6.24. The van der Waals surface area contributed by atoms with Crippen LogP contribution in [0.15, 0.2) is 35.1 Å². The highest BCUT2D eigenvalue weighted by Crippen LogP contribution is 2.60. The van der Waals surface area contributed by atoms with E-state index in [0.29, 0.717) is 12.0 Å². The summed E-state index contributed by atoms with van der Waals surface area (Å²) >= 11 is 0. The van der Waals surface area contributed by atoms with Crippen molar-refractivity contribution in [1.29, 1.82) is 0 Å². The van der Waals surface area contributed by atoms with Crippen molar-refractivity contribution in [3.05, 3.63) is 46.2 Å². The summed E-state index contributed by atoms with van der Waals surface area (Å²) in [5.74, 6) is -8.98. The van der Waals surface area contributed by atoms with E-state index in [4.69, 9.17) is 5.73 Å². The minimum atomic E-state index is -2.82. The Kier molecular flexibility index (Phi) is 7.48. The van der Waals surface area contributed by atoms with Crippen LogP contribution in [0.25, 0.3) is 5.76 Å². The number of primary amides is 1. The lowest BCUT2D eigenvalue weighted by atomic mass is 9.49. The number of nitrogens with zero attached hydrogens (tertiary/aromatic N) is 1. The van der Waals surface area contributed by atoms with Crippen molar-refractivity contribution in [3.63, 3.8) is 0 Å². The zero-order valence-electron chi connectivity index (χ0n) is 22.6. The summed E-state index contributed by atoms with van der Waals surface area (Å²) < 4.78 is 0. The molecule has 3 aliphatic rings. The molecule has 0 aliphatic heterocycles. The topological polar surface area (TPSA) is 178 Å². The smallest absolute Gasteiger partial charge is 0.255 e. The van der Waals surface area contributed by atoms with E-state index < -0.39 is 69.9 Å². The average Bonchev–Trinajstić information content (AvgIpc) is 2.84. The van der Waals surface area contributed by atoms with E-state index >= 15 is 0 Å².